The molecule has 3 N–H and O–H groups in total. The molecule has 2 rings (SSSR count). The zero-order valence-electron chi connectivity index (χ0n) is 9.95. The number of nitrogens with one attached hydrogen (secondary N) is 1. The molecule has 4 nitrogen and oxygen atoms in total. The van der Waals surface area contributed by atoms with Crippen LogP contribution in [0.15, 0.2) is 18.2 Å². The number of benzene rings is 1. The Bertz CT molecular complexity index is 386. The van der Waals surface area contributed by atoms with Gasteiger partial charge in [0, 0.05) is 25.2 Å². The summed E-state index contributed by atoms with van der Waals surface area (Å²) in [5.41, 5.74) is 3.71. The molecular weight excluding hydrogens is 221 g/mol. The largest absolute Gasteiger partial charge is 0.376 e. The van der Waals surface area contributed by atoms with Crippen LogP contribution < -0.4 is 11.3 Å². The minimum absolute atomic E-state index is 0.219. The maximum atomic E-state index is 13.7. The smallest absolute Gasteiger partial charge is 0.129 e. The Hall–Kier alpha value is -1.17. The summed E-state index contributed by atoms with van der Waals surface area (Å²) in [6.07, 6.45) is 0.219. The molecular formula is C12H18FN3O. The van der Waals surface area contributed by atoms with Crippen molar-refractivity contribution in [1.29, 1.82) is 0 Å². The number of nitrogen functional groups attached to an aromatic ring is 1. The lowest BCUT2D eigenvalue weighted by Crippen LogP contribution is -2.40. The lowest BCUT2D eigenvalue weighted by molar-refractivity contribution is -0.0215. The van der Waals surface area contributed by atoms with E-state index in [-0.39, 0.29) is 11.9 Å². The summed E-state index contributed by atoms with van der Waals surface area (Å²) in [4.78, 5) is 2.20. The number of hydrogen-bond donors (Lipinski definition) is 2. The van der Waals surface area contributed by atoms with Gasteiger partial charge in [-0.05, 0) is 19.1 Å². The summed E-state index contributed by atoms with van der Waals surface area (Å²) in [6, 6.07) is 4.96. The maximum Gasteiger partial charge on any atom is 0.129 e. The van der Waals surface area contributed by atoms with Gasteiger partial charge >= 0.3 is 0 Å². The van der Waals surface area contributed by atoms with Gasteiger partial charge in [0.15, 0.2) is 0 Å². The molecule has 1 aliphatic rings. The second-order valence-corrected chi connectivity index (χ2v) is 4.37. The highest BCUT2D eigenvalue weighted by Gasteiger charge is 2.17. The molecule has 94 valence electrons. The van der Waals surface area contributed by atoms with Gasteiger partial charge in [-0.15, -0.1) is 0 Å². The van der Waals surface area contributed by atoms with E-state index in [4.69, 9.17) is 10.6 Å². The predicted octanol–water partition coefficient (Wildman–Crippen LogP) is 1.33. The molecule has 0 amide bonds. The van der Waals surface area contributed by atoms with E-state index in [9.17, 15) is 4.39 Å². The minimum atomic E-state index is -0.223. The first-order valence-corrected chi connectivity index (χ1v) is 5.78. The monoisotopic (exact) mass is 239 g/mol. The van der Waals surface area contributed by atoms with Gasteiger partial charge in [0.05, 0.1) is 18.4 Å². The van der Waals surface area contributed by atoms with Crippen molar-refractivity contribution in [2.24, 2.45) is 5.84 Å². The van der Waals surface area contributed by atoms with Gasteiger partial charge in [-0.3, -0.25) is 10.7 Å². The van der Waals surface area contributed by atoms with Crippen molar-refractivity contribution in [3.63, 3.8) is 0 Å². The highest BCUT2D eigenvalue weighted by molar-refractivity contribution is 5.44. The maximum absolute atomic E-state index is 13.7. The Morgan fingerprint density at radius 1 is 1.59 bits per heavy atom. The second kappa shape index (κ2) is 5.44. The molecule has 0 bridgehead atoms. The van der Waals surface area contributed by atoms with Crippen molar-refractivity contribution >= 4 is 5.69 Å². The van der Waals surface area contributed by atoms with E-state index in [1.165, 1.54) is 6.07 Å². The van der Waals surface area contributed by atoms with Crippen LogP contribution in [-0.4, -0.2) is 30.7 Å². The molecule has 0 radical (unpaired) electrons. The number of nitrogens with zero attached hydrogens (tertiary/aromatic N) is 1. The normalized spacial score (nSPS) is 21.5. The van der Waals surface area contributed by atoms with Crippen molar-refractivity contribution in [3.8, 4) is 0 Å². The van der Waals surface area contributed by atoms with Gasteiger partial charge in [0.25, 0.3) is 0 Å². The molecule has 0 saturated carbocycles. The van der Waals surface area contributed by atoms with E-state index in [0.29, 0.717) is 24.4 Å². The molecule has 5 heteroatoms. The zero-order chi connectivity index (χ0) is 12.3. The lowest BCUT2D eigenvalue weighted by Gasteiger charge is -2.31. The molecule has 1 aliphatic heterocycles. The van der Waals surface area contributed by atoms with Crippen LogP contribution in [0.4, 0.5) is 10.1 Å². The first kappa shape index (κ1) is 12.3. The van der Waals surface area contributed by atoms with Crippen molar-refractivity contribution in [1.82, 2.24) is 4.90 Å². The Kier molecular flexibility index (Phi) is 3.93. The molecule has 1 unspecified atom stereocenters. The van der Waals surface area contributed by atoms with Crippen LogP contribution in [0.2, 0.25) is 0 Å². The van der Waals surface area contributed by atoms with Crippen molar-refractivity contribution in [2.75, 3.05) is 25.1 Å². The molecule has 1 atom stereocenters. The topological polar surface area (TPSA) is 50.5 Å². The average molecular weight is 239 g/mol. The number of nitrogens with two attached hydrogens (primary N) is 1. The third-order valence-electron chi connectivity index (χ3n) is 2.94. The Labute approximate surface area is 101 Å². The molecule has 0 aliphatic carbocycles. The predicted molar refractivity (Wildman–Crippen MR) is 64.9 cm³/mol. The van der Waals surface area contributed by atoms with E-state index >= 15 is 0 Å². The van der Waals surface area contributed by atoms with E-state index in [1.807, 2.05) is 6.92 Å². The fourth-order valence-corrected chi connectivity index (χ4v) is 2.04. The number of hydrogen-bond acceptors (Lipinski definition) is 4. The van der Waals surface area contributed by atoms with E-state index in [1.54, 1.807) is 12.1 Å². The number of ether oxygens (including phenoxy) is 1. The Morgan fingerprint density at radius 2 is 2.41 bits per heavy atom. The number of morpholine rings is 1. The molecule has 1 aromatic rings. The molecule has 0 aromatic heterocycles. The van der Waals surface area contributed by atoms with Gasteiger partial charge in [-0.1, -0.05) is 6.07 Å². The van der Waals surface area contributed by atoms with Crippen molar-refractivity contribution in [3.05, 3.63) is 29.6 Å². The summed E-state index contributed by atoms with van der Waals surface area (Å²) in [7, 11) is 0. The van der Waals surface area contributed by atoms with Gasteiger partial charge in [-0.2, -0.15) is 0 Å². The van der Waals surface area contributed by atoms with Gasteiger partial charge in [0.1, 0.15) is 5.82 Å². The third-order valence-corrected chi connectivity index (χ3v) is 2.94. The third kappa shape index (κ3) is 3.15. The van der Waals surface area contributed by atoms with E-state index in [0.717, 1.165) is 13.1 Å². The van der Waals surface area contributed by atoms with Gasteiger partial charge in [-0.25, -0.2) is 4.39 Å². The minimum Gasteiger partial charge on any atom is -0.376 e. The Morgan fingerprint density at radius 3 is 3.06 bits per heavy atom. The molecule has 1 saturated heterocycles. The molecule has 17 heavy (non-hydrogen) atoms. The van der Waals surface area contributed by atoms with Crippen LogP contribution in [0, 0.1) is 5.82 Å². The van der Waals surface area contributed by atoms with Crippen LogP contribution in [0.1, 0.15) is 12.5 Å². The summed E-state index contributed by atoms with van der Waals surface area (Å²) < 4.78 is 19.2. The van der Waals surface area contributed by atoms with Gasteiger partial charge < -0.3 is 10.2 Å². The Balaban J connectivity index is 2.02. The quantitative estimate of drug-likeness (QED) is 0.617. The van der Waals surface area contributed by atoms with Crippen LogP contribution in [-0.2, 0) is 11.3 Å². The first-order chi connectivity index (χ1) is 8.19. The number of halogens is 1. The van der Waals surface area contributed by atoms with Crippen LogP contribution >= 0.6 is 0 Å². The fourth-order valence-electron chi connectivity index (χ4n) is 2.04. The van der Waals surface area contributed by atoms with Crippen molar-refractivity contribution in [2.45, 2.75) is 19.6 Å². The van der Waals surface area contributed by atoms with E-state index < -0.39 is 0 Å². The highest BCUT2D eigenvalue weighted by Crippen LogP contribution is 2.17. The number of hydrazine groups is 1. The summed E-state index contributed by atoms with van der Waals surface area (Å²) in [5.74, 6) is 5.01. The highest BCUT2D eigenvalue weighted by atomic mass is 19.1. The summed E-state index contributed by atoms with van der Waals surface area (Å²) in [6.45, 7) is 5.05. The van der Waals surface area contributed by atoms with Crippen LogP contribution in [0.25, 0.3) is 0 Å². The number of rotatable bonds is 3. The lowest BCUT2D eigenvalue weighted by atomic mass is 10.1. The summed E-state index contributed by atoms with van der Waals surface area (Å²) in [5, 5.41) is 0. The molecule has 1 aromatic carbocycles. The van der Waals surface area contributed by atoms with E-state index in [2.05, 4.69) is 10.3 Å². The molecule has 1 fully saturated rings. The molecule has 1 heterocycles. The van der Waals surface area contributed by atoms with Gasteiger partial charge in [0.2, 0.25) is 0 Å². The summed E-state index contributed by atoms with van der Waals surface area (Å²) >= 11 is 0. The number of anilines is 1. The first-order valence-electron chi connectivity index (χ1n) is 5.78. The van der Waals surface area contributed by atoms with Crippen molar-refractivity contribution < 1.29 is 9.13 Å². The SMILES string of the molecule is CC1CN(Cc2ccc(NN)cc2F)CCO1. The van der Waals surface area contributed by atoms with Crippen LogP contribution in [0.3, 0.4) is 0 Å². The zero-order valence-corrected chi connectivity index (χ0v) is 9.95. The standard InChI is InChI=1S/C12H18FN3O/c1-9-7-16(4-5-17-9)8-10-2-3-11(15-14)6-12(10)13/h2-3,6,9,15H,4-5,7-8,14H2,1H3. The second-order valence-electron chi connectivity index (χ2n) is 4.37. The molecule has 0 spiro atoms. The average Bonchev–Trinajstić information content (AvgIpc) is 2.32. The van der Waals surface area contributed by atoms with Crippen LogP contribution in [0.5, 0.6) is 0 Å². The fraction of sp³-hybridized carbons (Fsp3) is 0.500.